The fraction of sp³-hybridized carbons (Fsp3) is 0.478. The Bertz CT molecular complexity index is 853. The summed E-state index contributed by atoms with van der Waals surface area (Å²) < 4.78 is 38.4. The molecule has 0 saturated heterocycles. The van der Waals surface area contributed by atoms with Crippen LogP contribution in [-0.2, 0) is 16.5 Å². The fourth-order valence-electron chi connectivity index (χ4n) is 3.31. The number of rotatable bonds is 13. The average Bonchev–Trinajstić information content (AvgIpc) is 2.69. The van der Waals surface area contributed by atoms with Gasteiger partial charge in [0.1, 0.15) is 16.4 Å². The molecule has 0 aromatic heterocycles. The van der Waals surface area contributed by atoms with Crippen molar-refractivity contribution in [3.63, 3.8) is 0 Å². The first-order valence-electron chi connectivity index (χ1n) is 10.5. The van der Waals surface area contributed by atoms with Crippen LogP contribution in [0.25, 0.3) is 0 Å². The Morgan fingerprint density at radius 1 is 0.867 bits per heavy atom. The molecule has 5 nitrogen and oxygen atoms in total. The van der Waals surface area contributed by atoms with Gasteiger partial charge in [-0.2, -0.15) is 8.42 Å². The van der Waals surface area contributed by atoms with Crippen molar-refractivity contribution in [3.8, 4) is 17.2 Å². The van der Waals surface area contributed by atoms with Gasteiger partial charge >= 0.3 is 51.4 Å². The quantitative estimate of drug-likeness (QED) is 0.283. The second-order valence-corrected chi connectivity index (χ2v) is 8.74. The number of hydrogen-bond acceptors (Lipinski definition) is 4. The van der Waals surface area contributed by atoms with E-state index in [2.05, 4.69) is 6.92 Å². The first-order chi connectivity index (χ1) is 13.9. The van der Waals surface area contributed by atoms with E-state index >= 15 is 0 Å². The van der Waals surface area contributed by atoms with Crippen molar-refractivity contribution >= 4 is 10.1 Å². The number of ether oxygens (including phenoxy) is 1. The van der Waals surface area contributed by atoms with Crippen molar-refractivity contribution in [2.24, 2.45) is 0 Å². The summed E-state index contributed by atoms with van der Waals surface area (Å²) in [5.74, 6) is -0.481. The third-order valence-electron chi connectivity index (χ3n) is 4.95. The molecule has 0 aliphatic heterocycles. The van der Waals surface area contributed by atoms with Gasteiger partial charge in [0.2, 0.25) is 0 Å². The minimum absolute atomic E-state index is 0. The van der Waals surface area contributed by atoms with Gasteiger partial charge in [-0.25, -0.2) is 0 Å². The van der Waals surface area contributed by atoms with Crippen molar-refractivity contribution in [1.29, 1.82) is 0 Å². The standard InChI is InChI=1S/C23H32O5S.K/c1-2-3-4-5-6-7-8-9-11-14-19-17-18-21(29(25,26)27)23(22(19)24)28-20-15-12-10-13-16-20;/h10,12-13,15-18,24H,2-9,11,14H2,1H3,(H,25,26,27);/q;+1/p-1. The molecular formula is C23H31KO5S. The van der Waals surface area contributed by atoms with Crippen LogP contribution in [-0.4, -0.2) is 13.0 Å². The summed E-state index contributed by atoms with van der Waals surface area (Å²) in [7, 11) is -4.56. The smallest absolute Gasteiger partial charge is 0.870 e. The summed E-state index contributed by atoms with van der Waals surface area (Å²) in [4.78, 5) is -0.498. The first-order valence-corrected chi connectivity index (χ1v) is 11.9. The normalized spacial score (nSPS) is 11.1. The molecular weight excluding hydrogens is 427 g/mol. The Morgan fingerprint density at radius 3 is 2.00 bits per heavy atom. The summed E-state index contributed by atoms with van der Waals surface area (Å²) in [6, 6.07) is 11.2. The van der Waals surface area contributed by atoms with E-state index in [4.69, 9.17) is 4.74 Å². The maximum absolute atomic E-state index is 12.8. The summed E-state index contributed by atoms with van der Waals surface area (Å²) in [5, 5.41) is 12.8. The van der Waals surface area contributed by atoms with Crippen LogP contribution in [0.1, 0.15) is 70.3 Å². The molecule has 0 saturated carbocycles. The van der Waals surface area contributed by atoms with Gasteiger partial charge in [-0.15, -0.1) is 0 Å². The minimum atomic E-state index is -4.56. The van der Waals surface area contributed by atoms with Crippen LogP contribution in [0.15, 0.2) is 47.4 Å². The summed E-state index contributed by atoms with van der Waals surface area (Å²) in [6.07, 6.45) is 11.2. The SMILES string of the molecule is CCCCCCCCCCCc1ccc(S(=O)(=O)O)c(Oc2ccccc2)c1[O-].[K+]. The molecule has 2 rings (SSSR count). The van der Waals surface area contributed by atoms with Crippen molar-refractivity contribution in [3.05, 3.63) is 48.0 Å². The number of hydrogen-bond donors (Lipinski definition) is 1. The van der Waals surface area contributed by atoms with Crippen LogP contribution >= 0.6 is 0 Å². The van der Waals surface area contributed by atoms with Gasteiger partial charge in [-0.3, -0.25) is 4.55 Å². The molecule has 1 N–H and O–H groups in total. The Labute approximate surface area is 223 Å². The molecule has 30 heavy (non-hydrogen) atoms. The van der Waals surface area contributed by atoms with E-state index in [1.165, 1.54) is 50.7 Å². The van der Waals surface area contributed by atoms with Gasteiger partial charge in [-0.1, -0.05) is 93.9 Å². The predicted molar refractivity (Wildman–Crippen MR) is 113 cm³/mol. The maximum atomic E-state index is 12.8. The Kier molecular flexibility index (Phi) is 13.5. The maximum Gasteiger partial charge on any atom is 1.00 e. The topological polar surface area (TPSA) is 86.7 Å². The fourth-order valence-corrected chi connectivity index (χ4v) is 3.92. The van der Waals surface area contributed by atoms with E-state index < -0.39 is 20.8 Å². The Morgan fingerprint density at radius 2 is 1.43 bits per heavy atom. The number of benzene rings is 2. The summed E-state index contributed by atoms with van der Waals surface area (Å²) in [5.41, 5.74) is 0.506. The Balaban J connectivity index is 0.00000450. The molecule has 2 aromatic carbocycles. The predicted octanol–water partition coefficient (Wildman–Crippen LogP) is 2.88. The molecule has 0 radical (unpaired) electrons. The third-order valence-corrected chi connectivity index (χ3v) is 5.83. The van der Waals surface area contributed by atoms with E-state index in [-0.39, 0.29) is 57.1 Å². The van der Waals surface area contributed by atoms with Crippen LogP contribution in [0.2, 0.25) is 0 Å². The molecule has 0 unspecified atom stereocenters. The van der Waals surface area contributed by atoms with Gasteiger partial charge in [0.25, 0.3) is 10.1 Å². The minimum Gasteiger partial charge on any atom is -0.870 e. The van der Waals surface area contributed by atoms with Gasteiger partial charge in [-0.05, 0) is 31.0 Å². The second-order valence-electron chi connectivity index (χ2n) is 7.35. The summed E-state index contributed by atoms with van der Waals surface area (Å²) in [6.45, 7) is 2.21. The molecule has 160 valence electrons. The number of aryl methyl sites for hydroxylation is 1. The van der Waals surface area contributed by atoms with E-state index in [1.54, 1.807) is 30.3 Å². The second kappa shape index (κ2) is 14.6. The van der Waals surface area contributed by atoms with E-state index in [0.717, 1.165) is 19.3 Å². The van der Waals surface area contributed by atoms with Crippen LogP contribution in [0.4, 0.5) is 0 Å². The number of unbranched alkanes of at least 4 members (excludes halogenated alkanes) is 8. The molecule has 0 heterocycles. The molecule has 0 atom stereocenters. The van der Waals surface area contributed by atoms with Crippen LogP contribution in [0, 0.1) is 0 Å². The largest absolute Gasteiger partial charge is 1.00 e. The zero-order valence-corrected chi connectivity index (χ0v) is 22.0. The molecule has 7 heteroatoms. The zero-order chi connectivity index (χ0) is 21.1. The molecule has 0 aliphatic carbocycles. The van der Waals surface area contributed by atoms with Crippen molar-refractivity contribution in [2.75, 3.05) is 0 Å². The van der Waals surface area contributed by atoms with E-state index in [9.17, 15) is 18.1 Å². The van der Waals surface area contributed by atoms with Crippen LogP contribution in [0.5, 0.6) is 17.2 Å². The van der Waals surface area contributed by atoms with Gasteiger partial charge in [0.15, 0.2) is 0 Å². The molecule has 0 amide bonds. The van der Waals surface area contributed by atoms with Gasteiger partial charge in [0.05, 0.1) is 0 Å². The molecule has 2 aromatic rings. The van der Waals surface area contributed by atoms with Gasteiger partial charge < -0.3 is 9.84 Å². The van der Waals surface area contributed by atoms with E-state index in [1.807, 2.05) is 0 Å². The monoisotopic (exact) mass is 458 g/mol. The third kappa shape index (κ3) is 9.38. The Hall–Kier alpha value is -0.414. The van der Waals surface area contributed by atoms with Crippen molar-refractivity contribution in [1.82, 2.24) is 0 Å². The molecule has 0 spiro atoms. The van der Waals surface area contributed by atoms with Crippen LogP contribution in [0.3, 0.4) is 0 Å². The van der Waals surface area contributed by atoms with Crippen molar-refractivity contribution < 1.29 is 74.2 Å². The molecule has 0 bridgehead atoms. The molecule has 0 fully saturated rings. The summed E-state index contributed by atoms with van der Waals surface area (Å²) >= 11 is 0. The zero-order valence-electron chi connectivity index (χ0n) is 18.1. The van der Waals surface area contributed by atoms with E-state index in [0.29, 0.717) is 17.7 Å². The average molecular weight is 459 g/mol. The first kappa shape index (κ1) is 27.6. The van der Waals surface area contributed by atoms with Gasteiger partial charge in [0, 0.05) is 0 Å². The number of para-hydroxylation sites is 1. The van der Waals surface area contributed by atoms with Crippen molar-refractivity contribution in [2.45, 2.75) is 76.0 Å². The van der Waals surface area contributed by atoms with Crippen LogP contribution < -0.4 is 61.2 Å². The molecule has 0 aliphatic rings.